The second kappa shape index (κ2) is 4.32. The molecule has 1 aromatic heterocycles. The van der Waals surface area contributed by atoms with E-state index in [9.17, 15) is 0 Å². The maximum absolute atomic E-state index is 9.05. The minimum absolute atomic E-state index is 0.141. The summed E-state index contributed by atoms with van der Waals surface area (Å²) in [6.07, 6.45) is 4.07. The fraction of sp³-hybridized carbons (Fsp3) is 0.231. The van der Waals surface area contributed by atoms with Crippen molar-refractivity contribution in [3.63, 3.8) is 0 Å². The lowest BCUT2D eigenvalue weighted by Crippen LogP contribution is -2.06. The Morgan fingerprint density at radius 2 is 1.87 bits per heavy atom. The molecule has 0 aliphatic carbocycles. The Kier molecular flexibility index (Phi) is 2.88. The van der Waals surface area contributed by atoms with E-state index in [2.05, 4.69) is 24.4 Å². The topological polar surface area (TPSA) is 25.2 Å². The highest BCUT2D eigenvalue weighted by atomic mass is 16.3. The first kappa shape index (κ1) is 9.99. The largest absolute Gasteiger partial charge is 0.394 e. The molecule has 0 amide bonds. The number of hydrogen-bond acceptors (Lipinski definition) is 1. The van der Waals surface area contributed by atoms with E-state index in [0.717, 1.165) is 0 Å². The molecule has 2 heteroatoms. The standard InChI is InChI=1S/C13H15NO/c1-11(10-15)14-8-7-13(9-14)12-5-3-2-4-6-12/h2-9,11,15H,10H2,1H3/t11-/m0/s1. The maximum atomic E-state index is 9.05. The summed E-state index contributed by atoms with van der Waals surface area (Å²) in [6.45, 7) is 2.16. The third-order valence-electron chi connectivity index (χ3n) is 2.59. The Morgan fingerprint density at radius 1 is 1.13 bits per heavy atom. The van der Waals surface area contributed by atoms with Gasteiger partial charge in [0.25, 0.3) is 0 Å². The molecule has 2 rings (SSSR count). The number of aliphatic hydroxyl groups is 1. The van der Waals surface area contributed by atoms with Crippen molar-refractivity contribution >= 4 is 0 Å². The Morgan fingerprint density at radius 3 is 2.53 bits per heavy atom. The minimum Gasteiger partial charge on any atom is -0.394 e. The quantitative estimate of drug-likeness (QED) is 0.811. The summed E-state index contributed by atoms with van der Waals surface area (Å²) in [4.78, 5) is 0. The van der Waals surface area contributed by atoms with Crippen LogP contribution in [0.15, 0.2) is 48.8 Å². The molecule has 78 valence electrons. The van der Waals surface area contributed by atoms with Gasteiger partial charge >= 0.3 is 0 Å². The van der Waals surface area contributed by atoms with E-state index in [4.69, 9.17) is 5.11 Å². The molecular formula is C13H15NO. The molecule has 0 aliphatic heterocycles. The molecule has 0 bridgehead atoms. The number of nitrogens with zero attached hydrogens (tertiary/aromatic N) is 1. The van der Waals surface area contributed by atoms with Gasteiger partial charge in [0.15, 0.2) is 0 Å². The van der Waals surface area contributed by atoms with Crippen LogP contribution in [-0.2, 0) is 0 Å². The smallest absolute Gasteiger partial charge is 0.0636 e. The molecule has 0 saturated carbocycles. The van der Waals surface area contributed by atoms with Gasteiger partial charge < -0.3 is 9.67 Å². The van der Waals surface area contributed by atoms with Crippen molar-refractivity contribution in [2.45, 2.75) is 13.0 Å². The van der Waals surface area contributed by atoms with Crippen LogP contribution < -0.4 is 0 Å². The summed E-state index contributed by atoms with van der Waals surface area (Å²) < 4.78 is 2.03. The highest BCUT2D eigenvalue weighted by Gasteiger charge is 2.04. The Balaban J connectivity index is 2.28. The van der Waals surface area contributed by atoms with Gasteiger partial charge in [-0.25, -0.2) is 0 Å². The Hall–Kier alpha value is -1.54. The summed E-state index contributed by atoms with van der Waals surface area (Å²) in [5.41, 5.74) is 2.40. The number of benzene rings is 1. The van der Waals surface area contributed by atoms with Crippen molar-refractivity contribution in [1.29, 1.82) is 0 Å². The molecule has 1 atom stereocenters. The summed E-state index contributed by atoms with van der Waals surface area (Å²) in [5.74, 6) is 0. The molecule has 0 aliphatic rings. The zero-order valence-corrected chi connectivity index (χ0v) is 8.80. The minimum atomic E-state index is 0.141. The SMILES string of the molecule is C[C@@H](CO)n1ccc(-c2ccccc2)c1. The number of hydrogen-bond donors (Lipinski definition) is 1. The van der Waals surface area contributed by atoms with Crippen LogP contribution in [-0.4, -0.2) is 16.3 Å². The third kappa shape index (κ3) is 2.10. The molecular weight excluding hydrogens is 186 g/mol. The van der Waals surface area contributed by atoms with E-state index in [-0.39, 0.29) is 12.6 Å². The first-order valence-electron chi connectivity index (χ1n) is 5.15. The van der Waals surface area contributed by atoms with Gasteiger partial charge in [-0.1, -0.05) is 30.3 Å². The van der Waals surface area contributed by atoms with Gasteiger partial charge in [0.1, 0.15) is 0 Å². The molecule has 0 spiro atoms. The lowest BCUT2D eigenvalue weighted by molar-refractivity contribution is 0.239. The van der Waals surface area contributed by atoms with Crippen molar-refractivity contribution in [3.8, 4) is 11.1 Å². The van der Waals surface area contributed by atoms with Gasteiger partial charge in [0, 0.05) is 12.4 Å². The van der Waals surface area contributed by atoms with Crippen LogP contribution in [0.5, 0.6) is 0 Å². The van der Waals surface area contributed by atoms with Crippen LogP contribution in [0.4, 0.5) is 0 Å². The van der Waals surface area contributed by atoms with Crippen molar-refractivity contribution in [2.24, 2.45) is 0 Å². The van der Waals surface area contributed by atoms with Gasteiger partial charge in [-0.05, 0) is 24.1 Å². The van der Waals surface area contributed by atoms with Crippen molar-refractivity contribution in [3.05, 3.63) is 48.8 Å². The highest BCUT2D eigenvalue weighted by molar-refractivity contribution is 5.62. The molecule has 0 radical (unpaired) electrons. The first-order valence-corrected chi connectivity index (χ1v) is 5.15. The maximum Gasteiger partial charge on any atom is 0.0636 e. The second-order valence-corrected chi connectivity index (χ2v) is 3.75. The first-order chi connectivity index (χ1) is 7.31. The lowest BCUT2D eigenvalue weighted by atomic mass is 10.1. The predicted octanol–water partition coefficient (Wildman–Crippen LogP) is 2.71. The number of aliphatic hydroxyl groups excluding tert-OH is 1. The lowest BCUT2D eigenvalue weighted by Gasteiger charge is -2.08. The van der Waals surface area contributed by atoms with E-state index in [0.29, 0.717) is 0 Å². The second-order valence-electron chi connectivity index (χ2n) is 3.75. The summed E-state index contributed by atoms with van der Waals surface area (Å²) >= 11 is 0. The van der Waals surface area contributed by atoms with Gasteiger partial charge in [0.2, 0.25) is 0 Å². The molecule has 1 aromatic carbocycles. The van der Waals surface area contributed by atoms with Gasteiger partial charge in [-0.15, -0.1) is 0 Å². The third-order valence-corrected chi connectivity index (χ3v) is 2.59. The van der Waals surface area contributed by atoms with Crippen LogP contribution in [0.2, 0.25) is 0 Å². The average molecular weight is 201 g/mol. The van der Waals surface area contributed by atoms with E-state index in [1.807, 2.05) is 35.9 Å². The molecule has 0 saturated heterocycles. The molecule has 1 N–H and O–H groups in total. The van der Waals surface area contributed by atoms with Crippen molar-refractivity contribution < 1.29 is 5.11 Å². The van der Waals surface area contributed by atoms with Crippen LogP contribution in [0.1, 0.15) is 13.0 Å². The van der Waals surface area contributed by atoms with E-state index < -0.39 is 0 Å². The summed E-state index contributed by atoms with van der Waals surface area (Å²) in [7, 11) is 0. The van der Waals surface area contributed by atoms with E-state index in [1.54, 1.807) is 0 Å². The van der Waals surface area contributed by atoms with Gasteiger partial charge in [-0.2, -0.15) is 0 Å². The molecule has 1 heterocycles. The Labute approximate surface area is 89.8 Å². The van der Waals surface area contributed by atoms with Crippen LogP contribution in [0.3, 0.4) is 0 Å². The van der Waals surface area contributed by atoms with Crippen LogP contribution >= 0.6 is 0 Å². The molecule has 15 heavy (non-hydrogen) atoms. The molecule has 0 unspecified atom stereocenters. The average Bonchev–Trinajstić information content (AvgIpc) is 2.78. The highest BCUT2D eigenvalue weighted by Crippen LogP contribution is 2.20. The molecule has 2 nitrogen and oxygen atoms in total. The van der Waals surface area contributed by atoms with Gasteiger partial charge in [-0.3, -0.25) is 0 Å². The van der Waals surface area contributed by atoms with Crippen LogP contribution in [0, 0.1) is 0 Å². The predicted molar refractivity (Wildman–Crippen MR) is 61.7 cm³/mol. The zero-order valence-electron chi connectivity index (χ0n) is 8.80. The fourth-order valence-electron chi connectivity index (χ4n) is 1.58. The fourth-order valence-corrected chi connectivity index (χ4v) is 1.58. The van der Waals surface area contributed by atoms with E-state index in [1.165, 1.54) is 11.1 Å². The zero-order chi connectivity index (χ0) is 10.7. The molecule has 0 fully saturated rings. The molecule has 2 aromatic rings. The summed E-state index contributed by atoms with van der Waals surface area (Å²) in [6, 6.07) is 12.5. The number of rotatable bonds is 3. The van der Waals surface area contributed by atoms with Gasteiger partial charge in [0.05, 0.1) is 12.6 Å². The van der Waals surface area contributed by atoms with E-state index >= 15 is 0 Å². The Bertz CT molecular complexity index is 419. The normalized spacial score (nSPS) is 12.7. The van der Waals surface area contributed by atoms with Crippen molar-refractivity contribution in [1.82, 2.24) is 4.57 Å². The summed E-state index contributed by atoms with van der Waals surface area (Å²) in [5, 5.41) is 9.05. The van der Waals surface area contributed by atoms with Crippen molar-refractivity contribution in [2.75, 3.05) is 6.61 Å². The monoisotopic (exact) mass is 201 g/mol. The number of aromatic nitrogens is 1. The van der Waals surface area contributed by atoms with Crippen LogP contribution in [0.25, 0.3) is 11.1 Å².